The van der Waals surface area contributed by atoms with Crippen LogP contribution in [-0.4, -0.2) is 11.9 Å². The van der Waals surface area contributed by atoms with Gasteiger partial charge < -0.3 is 5.32 Å². The molecule has 2 aromatic carbocycles. The lowest BCUT2D eigenvalue weighted by molar-refractivity contribution is -0.137. The van der Waals surface area contributed by atoms with Crippen molar-refractivity contribution in [2.45, 2.75) is 31.2 Å². The topological polar surface area (TPSA) is 53.2 Å². The summed E-state index contributed by atoms with van der Waals surface area (Å²) in [4.78, 5) is 12.2. The fourth-order valence-electron chi connectivity index (χ4n) is 2.81. The van der Waals surface area contributed by atoms with Crippen molar-refractivity contribution >= 4 is 5.91 Å². The zero-order valence-corrected chi connectivity index (χ0v) is 13.6. The van der Waals surface area contributed by atoms with E-state index in [4.69, 9.17) is 0 Å². The van der Waals surface area contributed by atoms with Gasteiger partial charge in [0.2, 0.25) is 5.91 Å². The molecule has 3 rings (SSSR count). The summed E-state index contributed by atoms with van der Waals surface area (Å²) in [5.74, 6) is -0.658. The molecule has 1 aliphatic rings. The van der Waals surface area contributed by atoms with Gasteiger partial charge >= 0.3 is 6.18 Å². The molecular weight excluding hydrogens is 350 g/mol. The first-order chi connectivity index (χ1) is 12.3. The standard InChI is InChI=1S/C18H17F4N3O/c19-14-6-4-12(5-7-14)15-9-16(25-24-15)17(26)23-10-11-2-1-3-13(8-11)18(20,21)22/h1-8,15-16,24-25H,9-10H2,(H,23,26). The number of alkyl halides is 3. The number of carbonyl (C=O) groups is 1. The smallest absolute Gasteiger partial charge is 0.351 e. The normalized spacial score (nSPS) is 20.2. The van der Waals surface area contributed by atoms with Gasteiger partial charge in [-0.2, -0.15) is 13.2 Å². The largest absolute Gasteiger partial charge is 0.416 e. The van der Waals surface area contributed by atoms with Gasteiger partial charge in [-0.1, -0.05) is 24.3 Å². The van der Waals surface area contributed by atoms with Crippen LogP contribution in [0.25, 0.3) is 0 Å². The number of hydrazine groups is 1. The van der Waals surface area contributed by atoms with Crippen molar-refractivity contribution in [3.05, 3.63) is 71.0 Å². The third kappa shape index (κ3) is 4.39. The fourth-order valence-corrected chi connectivity index (χ4v) is 2.81. The lowest BCUT2D eigenvalue weighted by Crippen LogP contribution is -2.42. The minimum atomic E-state index is -4.42. The highest BCUT2D eigenvalue weighted by Gasteiger charge is 2.31. The summed E-state index contributed by atoms with van der Waals surface area (Å²) in [6.45, 7) is 0.00213. The highest BCUT2D eigenvalue weighted by atomic mass is 19.4. The quantitative estimate of drug-likeness (QED) is 0.728. The summed E-state index contributed by atoms with van der Waals surface area (Å²) in [6, 6.07) is 10.1. The number of halogens is 4. The van der Waals surface area contributed by atoms with Gasteiger partial charge in [0.25, 0.3) is 0 Å². The second kappa shape index (κ2) is 7.43. The third-order valence-electron chi connectivity index (χ3n) is 4.21. The molecule has 2 aromatic rings. The molecule has 0 spiro atoms. The number of rotatable bonds is 4. The molecule has 1 amide bonds. The molecule has 0 radical (unpaired) electrons. The molecule has 1 heterocycles. The fraction of sp³-hybridized carbons (Fsp3) is 0.278. The van der Waals surface area contributed by atoms with Crippen molar-refractivity contribution < 1.29 is 22.4 Å². The number of benzene rings is 2. The van der Waals surface area contributed by atoms with Gasteiger partial charge in [0.1, 0.15) is 11.9 Å². The highest BCUT2D eigenvalue weighted by Crippen LogP contribution is 2.29. The lowest BCUT2D eigenvalue weighted by atomic mass is 10.0. The maximum atomic E-state index is 13.0. The van der Waals surface area contributed by atoms with E-state index in [2.05, 4.69) is 16.2 Å². The summed E-state index contributed by atoms with van der Waals surface area (Å²) < 4.78 is 51.1. The Labute approximate surface area is 147 Å². The second-order valence-corrected chi connectivity index (χ2v) is 6.10. The van der Waals surface area contributed by atoms with E-state index >= 15 is 0 Å². The van der Waals surface area contributed by atoms with Crippen molar-refractivity contribution in [2.75, 3.05) is 0 Å². The van der Waals surface area contributed by atoms with Crippen LogP contribution in [0.5, 0.6) is 0 Å². The summed E-state index contributed by atoms with van der Waals surface area (Å²) in [5.41, 5.74) is 6.28. The monoisotopic (exact) mass is 367 g/mol. The number of hydrogen-bond acceptors (Lipinski definition) is 3. The van der Waals surface area contributed by atoms with E-state index in [0.717, 1.165) is 17.7 Å². The molecule has 1 fully saturated rings. The Morgan fingerprint density at radius 1 is 1.12 bits per heavy atom. The van der Waals surface area contributed by atoms with E-state index in [1.807, 2.05) is 0 Å². The first kappa shape index (κ1) is 18.3. The molecule has 0 aliphatic carbocycles. The number of amides is 1. The van der Waals surface area contributed by atoms with E-state index in [-0.39, 0.29) is 24.3 Å². The van der Waals surface area contributed by atoms with E-state index in [1.54, 1.807) is 12.1 Å². The van der Waals surface area contributed by atoms with Crippen LogP contribution in [-0.2, 0) is 17.5 Å². The summed E-state index contributed by atoms with van der Waals surface area (Å²) in [5, 5.41) is 2.63. The predicted octanol–water partition coefficient (Wildman–Crippen LogP) is 3.07. The number of nitrogens with one attached hydrogen (secondary N) is 3. The van der Waals surface area contributed by atoms with E-state index in [9.17, 15) is 22.4 Å². The van der Waals surface area contributed by atoms with E-state index < -0.39 is 17.8 Å². The van der Waals surface area contributed by atoms with Crippen LogP contribution in [0, 0.1) is 5.82 Å². The molecule has 26 heavy (non-hydrogen) atoms. The van der Waals surface area contributed by atoms with Gasteiger partial charge in [-0.15, -0.1) is 0 Å². The zero-order chi connectivity index (χ0) is 18.7. The Hall–Kier alpha value is -2.45. The van der Waals surface area contributed by atoms with Crippen LogP contribution in [0.15, 0.2) is 48.5 Å². The van der Waals surface area contributed by atoms with Crippen LogP contribution in [0.1, 0.15) is 29.2 Å². The van der Waals surface area contributed by atoms with Crippen molar-refractivity contribution in [2.24, 2.45) is 0 Å². The Kier molecular flexibility index (Phi) is 5.24. The van der Waals surface area contributed by atoms with Crippen LogP contribution >= 0.6 is 0 Å². The lowest BCUT2D eigenvalue weighted by Gasteiger charge is -2.12. The van der Waals surface area contributed by atoms with Gasteiger partial charge in [-0.25, -0.2) is 15.2 Å². The predicted molar refractivity (Wildman–Crippen MR) is 87.1 cm³/mol. The van der Waals surface area contributed by atoms with Gasteiger partial charge in [0, 0.05) is 12.6 Å². The Morgan fingerprint density at radius 2 is 1.85 bits per heavy atom. The number of carbonyl (C=O) groups excluding carboxylic acids is 1. The Bertz CT molecular complexity index is 777. The average molecular weight is 367 g/mol. The van der Waals surface area contributed by atoms with E-state index in [0.29, 0.717) is 12.0 Å². The molecule has 8 heteroatoms. The van der Waals surface area contributed by atoms with Gasteiger partial charge in [0.15, 0.2) is 0 Å². The molecule has 4 nitrogen and oxygen atoms in total. The molecule has 138 valence electrons. The van der Waals surface area contributed by atoms with Crippen molar-refractivity contribution in [3.8, 4) is 0 Å². The Balaban J connectivity index is 1.55. The Morgan fingerprint density at radius 3 is 2.54 bits per heavy atom. The third-order valence-corrected chi connectivity index (χ3v) is 4.21. The van der Waals surface area contributed by atoms with Crippen LogP contribution in [0.4, 0.5) is 17.6 Å². The molecule has 3 N–H and O–H groups in total. The molecule has 2 atom stereocenters. The zero-order valence-electron chi connectivity index (χ0n) is 13.6. The molecule has 0 bridgehead atoms. The van der Waals surface area contributed by atoms with Gasteiger partial charge in [-0.05, 0) is 41.8 Å². The minimum absolute atomic E-state index is 0.00213. The summed E-state index contributed by atoms with van der Waals surface area (Å²) in [6.07, 6.45) is -3.97. The SMILES string of the molecule is O=C(NCc1cccc(C(F)(F)F)c1)C1CC(c2ccc(F)cc2)NN1. The first-order valence-electron chi connectivity index (χ1n) is 8.03. The van der Waals surface area contributed by atoms with Gasteiger partial charge in [-0.3, -0.25) is 4.79 Å². The summed E-state index contributed by atoms with van der Waals surface area (Å²) >= 11 is 0. The minimum Gasteiger partial charge on any atom is -0.351 e. The molecule has 1 saturated heterocycles. The molecule has 1 aliphatic heterocycles. The maximum Gasteiger partial charge on any atom is 0.416 e. The van der Waals surface area contributed by atoms with Crippen molar-refractivity contribution in [1.29, 1.82) is 0 Å². The molecule has 0 aromatic heterocycles. The molecule has 0 saturated carbocycles. The van der Waals surface area contributed by atoms with Crippen LogP contribution in [0.3, 0.4) is 0 Å². The van der Waals surface area contributed by atoms with Crippen LogP contribution < -0.4 is 16.2 Å². The summed E-state index contributed by atoms with van der Waals surface area (Å²) in [7, 11) is 0. The van der Waals surface area contributed by atoms with Gasteiger partial charge in [0.05, 0.1) is 5.56 Å². The van der Waals surface area contributed by atoms with E-state index in [1.165, 1.54) is 24.3 Å². The molecule has 2 unspecified atom stereocenters. The molecular formula is C18H17F4N3O. The second-order valence-electron chi connectivity index (χ2n) is 6.10. The highest BCUT2D eigenvalue weighted by molar-refractivity contribution is 5.82. The first-order valence-corrected chi connectivity index (χ1v) is 8.03. The average Bonchev–Trinajstić information content (AvgIpc) is 3.10. The van der Waals surface area contributed by atoms with Crippen LogP contribution in [0.2, 0.25) is 0 Å². The number of hydrogen-bond donors (Lipinski definition) is 3. The van der Waals surface area contributed by atoms with Crippen molar-refractivity contribution in [1.82, 2.24) is 16.2 Å². The van der Waals surface area contributed by atoms with Crippen molar-refractivity contribution in [3.63, 3.8) is 0 Å². The maximum absolute atomic E-state index is 13.0.